The smallest absolute Gasteiger partial charge is 0.223 e. The van der Waals surface area contributed by atoms with E-state index in [0.29, 0.717) is 13.0 Å². The van der Waals surface area contributed by atoms with Crippen molar-refractivity contribution in [2.45, 2.75) is 31.4 Å². The van der Waals surface area contributed by atoms with Crippen LogP contribution in [0.5, 0.6) is 0 Å². The van der Waals surface area contributed by atoms with Gasteiger partial charge in [0.05, 0.1) is 24.9 Å². The van der Waals surface area contributed by atoms with Crippen molar-refractivity contribution in [1.29, 1.82) is 0 Å². The van der Waals surface area contributed by atoms with Crippen LogP contribution in [0.3, 0.4) is 0 Å². The molecule has 2 heterocycles. The molecule has 1 aromatic heterocycles. The van der Waals surface area contributed by atoms with Gasteiger partial charge < -0.3 is 14.4 Å². The zero-order valence-corrected chi connectivity index (χ0v) is 14.1. The minimum Gasteiger partial charge on any atom is -0.441 e. The highest BCUT2D eigenvalue weighted by Crippen LogP contribution is 2.26. The molecule has 0 bridgehead atoms. The number of benzene rings is 1. The number of amides is 1. The molecule has 0 aliphatic carbocycles. The molecule has 1 aromatic carbocycles. The average Bonchev–Trinajstić information content (AvgIpc) is 3.08. The summed E-state index contributed by atoms with van der Waals surface area (Å²) in [5.74, 6) is -1.33. The van der Waals surface area contributed by atoms with Gasteiger partial charge in [0.15, 0.2) is 17.3 Å². The van der Waals surface area contributed by atoms with Crippen molar-refractivity contribution in [2.24, 2.45) is 0 Å². The number of carbonyl (C=O) groups excluding carboxylic acids is 1. The number of oxazole rings is 1. The van der Waals surface area contributed by atoms with Crippen LogP contribution in [-0.4, -0.2) is 46.3 Å². The van der Waals surface area contributed by atoms with Gasteiger partial charge >= 0.3 is 0 Å². The molecule has 1 amide bonds. The predicted octanol–water partition coefficient (Wildman–Crippen LogP) is 2.88. The zero-order valence-electron chi connectivity index (χ0n) is 14.1. The lowest BCUT2D eigenvalue weighted by Crippen LogP contribution is -2.49. The highest BCUT2D eigenvalue weighted by Gasteiger charge is 2.36. The Morgan fingerprint density at radius 2 is 2.19 bits per heavy atom. The first-order valence-corrected chi connectivity index (χ1v) is 8.38. The molecule has 2 aromatic rings. The molecule has 1 aliphatic rings. The molecule has 1 fully saturated rings. The number of hydrogen-bond acceptors (Lipinski definition) is 4. The quantitative estimate of drug-likeness (QED) is 0.881. The number of rotatable bonds is 5. The second kappa shape index (κ2) is 7.49. The molecule has 0 radical (unpaired) electrons. The second-order valence-electron chi connectivity index (χ2n) is 6.47. The third-order valence-electron chi connectivity index (χ3n) is 4.47. The van der Waals surface area contributed by atoms with Gasteiger partial charge in [-0.2, -0.15) is 0 Å². The molecule has 26 heavy (non-hydrogen) atoms. The van der Waals surface area contributed by atoms with E-state index in [0.717, 1.165) is 12.1 Å². The number of hydrogen-bond donors (Lipinski definition) is 1. The van der Waals surface area contributed by atoms with E-state index in [1.54, 1.807) is 0 Å². The van der Waals surface area contributed by atoms with E-state index in [4.69, 9.17) is 9.52 Å². The third kappa shape index (κ3) is 4.07. The molecule has 140 valence electrons. The Kier molecular flexibility index (Phi) is 5.31. The summed E-state index contributed by atoms with van der Waals surface area (Å²) in [5.41, 5.74) is -1.66. The highest BCUT2D eigenvalue weighted by molar-refractivity contribution is 5.76. The normalized spacial score (nSPS) is 20.4. The fraction of sp³-hybridized carbons (Fsp3) is 0.444. The van der Waals surface area contributed by atoms with Crippen LogP contribution in [0.1, 0.15) is 25.2 Å². The summed E-state index contributed by atoms with van der Waals surface area (Å²) in [6, 6.07) is 3.12. The van der Waals surface area contributed by atoms with Gasteiger partial charge in [0.25, 0.3) is 0 Å². The number of halogens is 3. The number of alkyl halides is 1. The number of aromatic nitrogens is 1. The van der Waals surface area contributed by atoms with E-state index in [1.165, 1.54) is 17.2 Å². The topological polar surface area (TPSA) is 66.6 Å². The van der Waals surface area contributed by atoms with Crippen molar-refractivity contribution < 1.29 is 27.5 Å². The van der Waals surface area contributed by atoms with Crippen LogP contribution >= 0.6 is 0 Å². The molecule has 3 rings (SSSR count). The van der Waals surface area contributed by atoms with Crippen LogP contribution in [0.15, 0.2) is 28.8 Å². The summed E-state index contributed by atoms with van der Waals surface area (Å²) in [4.78, 5) is 17.6. The van der Waals surface area contributed by atoms with Gasteiger partial charge in [0.1, 0.15) is 11.6 Å². The molecule has 1 N–H and O–H groups in total. The van der Waals surface area contributed by atoms with Crippen molar-refractivity contribution in [2.75, 3.05) is 19.7 Å². The standard InChI is InChI=1S/C18H19F3N2O3/c19-12-2-3-13(14(20)8-12)15-9-22-16(26-15)4-5-17(25)23-7-1-6-18(21,10-23)11-24/h2-3,8-9,24H,1,4-7,10-11H2/t18-/m1/s1. The second-order valence-corrected chi connectivity index (χ2v) is 6.47. The van der Waals surface area contributed by atoms with Crippen molar-refractivity contribution in [1.82, 2.24) is 9.88 Å². The largest absolute Gasteiger partial charge is 0.441 e. The first kappa shape index (κ1) is 18.4. The molecular weight excluding hydrogens is 349 g/mol. The van der Waals surface area contributed by atoms with E-state index in [1.807, 2.05) is 0 Å². The van der Waals surface area contributed by atoms with Crippen molar-refractivity contribution in [3.63, 3.8) is 0 Å². The minimum atomic E-state index is -1.75. The number of aryl methyl sites for hydroxylation is 1. The Balaban J connectivity index is 1.60. The molecule has 0 unspecified atom stereocenters. The van der Waals surface area contributed by atoms with Gasteiger partial charge in [-0.25, -0.2) is 18.2 Å². The number of likely N-dealkylation sites (tertiary alicyclic amines) is 1. The monoisotopic (exact) mass is 368 g/mol. The fourth-order valence-electron chi connectivity index (χ4n) is 3.04. The maximum atomic E-state index is 14.2. The molecule has 1 saturated heterocycles. The lowest BCUT2D eigenvalue weighted by Gasteiger charge is -2.36. The summed E-state index contributed by atoms with van der Waals surface area (Å²) in [5, 5.41) is 9.12. The molecule has 1 aliphatic heterocycles. The van der Waals surface area contributed by atoms with Crippen LogP contribution in [0.4, 0.5) is 13.2 Å². The van der Waals surface area contributed by atoms with Gasteiger partial charge in [0.2, 0.25) is 5.91 Å². The number of nitrogens with zero attached hydrogens (tertiary/aromatic N) is 2. The maximum Gasteiger partial charge on any atom is 0.223 e. The lowest BCUT2D eigenvalue weighted by atomic mass is 9.95. The number of aliphatic hydroxyl groups is 1. The SMILES string of the molecule is O=C(CCc1ncc(-c2ccc(F)cc2F)o1)N1CCC[C@](F)(CO)C1. The average molecular weight is 368 g/mol. The molecule has 1 atom stereocenters. The Morgan fingerprint density at radius 3 is 2.92 bits per heavy atom. The van der Waals surface area contributed by atoms with Crippen LogP contribution < -0.4 is 0 Å². The number of carbonyl (C=O) groups is 1. The van der Waals surface area contributed by atoms with E-state index in [-0.39, 0.29) is 48.9 Å². The van der Waals surface area contributed by atoms with Gasteiger partial charge in [-0.05, 0) is 25.0 Å². The van der Waals surface area contributed by atoms with Crippen LogP contribution in [0.25, 0.3) is 11.3 Å². The molecule has 8 heteroatoms. The van der Waals surface area contributed by atoms with E-state index < -0.39 is 23.9 Å². The summed E-state index contributed by atoms with van der Waals surface area (Å²) >= 11 is 0. The van der Waals surface area contributed by atoms with Gasteiger partial charge in [-0.15, -0.1) is 0 Å². The van der Waals surface area contributed by atoms with Gasteiger partial charge in [-0.3, -0.25) is 4.79 Å². The fourth-order valence-corrected chi connectivity index (χ4v) is 3.04. The molecule has 0 spiro atoms. The first-order chi connectivity index (χ1) is 12.4. The summed E-state index contributed by atoms with van der Waals surface area (Å²) < 4.78 is 46.4. The van der Waals surface area contributed by atoms with Crippen molar-refractivity contribution >= 4 is 5.91 Å². The number of aliphatic hydroxyl groups excluding tert-OH is 1. The van der Waals surface area contributed by atoms with E-state index >= 15 is 0 Å². The Bertz CT molecular complexity index is 796. The minimum absolute atomic E-state index is 0.0629. The van der Waals surface area contributed by atoms with Crippen LogP contribution in [0.2, 0.25) is 0 Å². The van der Waals surface area contributed by atoms with Crippen LogP contribution in [-0.2, 0) is 11.2 Å². The van der Waals surface area contributed by atoms with E-state index in [2.05, 4.69) is 4.98 Å². The molecule has 5 nitrogen and oxygen atoms in total. The van der Waals surface area contributed by atoms with Crippen LogP contribution in [0, 0.1) is 11.6 Å². The highest BCUT2D eigenvalue weighted by atomic mass is 19.1. The predicted molar refractivity (Wildman–Crippen MR) is 86.9 cm³/mol. The van der Waals surface area contributed by atoms with E-state index in [9.17, 15) is 18.0 Å². The zero-order chi connectivity index (χ0) is 18.7. The third-order valence-corrected chi connectivity index (χ3v) is 4.47. The molecular formula is C18H19F3N2O3. The lowest BCUT2D eigenvalue weighted by molar-refractivity contribution is -0.136. The van der Waals surface area contributed by atoms with Crippen molar-refractivity contribution in [3.05, 3.63) is 41.9 Å². The van der Waals surface area contributed by atoms with Gasteiger partial charge in [0, 0.05) is 25.5 Å². The Hall–Kier alpha value is -2.35. The Labute approximate surface area is 148 Å². The van der Waals surface area contributed by atoms with Gasteiger partial charge in [-0.1, -0.05) is 0 Å². The number of piperidine rings is 1. The first-order valence-electron chi connectivity index (χ1n) is 8.38. The van der Waals surface area contributed by atoms with Crippen molar-refractivity contribution in [3.8, 4) is 11.3 Å². The maximum absolute atomic E-state index is 14.2. The summed E-state index contributed by atoms with van der Waals surface area (Å²) in [7, 11) is 0. The Morgan fingerprint density at radius 1 is 1.38 bits per heavy atom. The summed E-state index contributed by atoms with van der Waals surface area (Å²) in [6.07, 6.45) is 2.29. The molecule has 0 saturated carbocycles. The summed E-state index contributed by atoms with van der Waals surface area (Å²) in [6.45, 7) is -0.287.